The van der Waals surface area contributed by atoms with Gasteiger partial charge in [0.25, 0.3) is 0 Å². The van der Waals surface area contributed by atoms with E-state index in [1.54, 1.807) is 7.11 Å². The van der Waals surface area contributed by atoms with E-state index in [4.69, 9.17) is 22.7 Å². The highest BCUT2D eigenvalue weighted by Gasteiger charge is 2.33. The summed E-state index contributed by atoms with van der Waals surface area (Å²) in [6.45, 7) is 4.84. The van der Waals surface area contributed by atoms with Crippen molar-refractivity contribution in [3.8, 4) is 0 Å². The number of rotatable bonds is 5. The summed E-state index contributed by atoms with van der Waals surface area (Å²) in [7, 11) is 1.73. The van der Waals surface area contributed by atoms with Gasteiger partial charge in [0.2, 0.25) is 5.91 Å². The van der Waals surface area contributed by atoms with Crippen molar-refractivity contribution < 1.29 is 9.53 Å². The van der Waals surface area contributed by atoms with E-state index in [2.05, 4.69) is 6.92 Å². The number of piperidine rings is 1. The molecule has 0 aromatic heterocycles. The van der Waals surface area contributed by atoms with Crippen molar-refractivity contribution in [3.63, 3.8) is 0 Å². The van der Waals surface area contributed by atoms with Gasteiger partial charge in [-0.25, -0.2) is 0 Å². The van der Waals surface area contributed by atoms with Crippen LogP contribution in [0.2, 0.25) is 0 Å². The summed E-state index contributed by atoms with van der Waals surface area (Å²) < 4.78 is 5.36. The van der Waals surface area contributed by atoms with Crippen LogP contribution in [-0.4, -0.2) is 41.6 Å². The number of amides is 1. The third-order valence-electron chi connectivity index (χ3n) is 3.66. The van der Waals surface area contributed by atoms with E-state index in [9.17, 15) is 4.79 Å². The molecule has 1 rings (SSSR count). The van der Waals surface area contributed by atoms with Gasteiger partial charge < -0.3 is 15.4 Å². The van der Waals surface area contributed by atoms with Crippen molar-refractivity contribution in [3.05, 3.63) is 0 Å². The van der Waals surface area contributed by atoms with Crippen LogP contribution in [0.4, 0.5) is 0 Å². The molecule has 18 heavy (non-hydrogen) atoms. The minimum Gasteiger partial charge on any atom is -0.393 e. The zero-order valence-corrected chi connectivity index (χ0v) is 12.3. The molecule has 1 aliphatic heterocycles. The summed E-state index contributed by atoms with van der Waals surface area (Å²) in [4.78, 5) is 14.7. The second-order valence-electron chi connectivity index (χ2n) is 5.01. The van der Waals surface area contributed by atoms with Gasteiger partial charge in [-0.05, 0) is 26.2 Å². The van der Waals surface area contributed by atoms with Gasteiger partial charge in [0.15, 0.2) is 0 Å². The lowest BCUT2D eigenvalue weighted by Crippen LogP contribution is -2.50. The van der Waals surface area contributed by atoms with Crippen LogP contribution in [0.3, 0.4) is 0 Å². The van der Waals surface area contributed by atoms with E-state index in [1.165, 1.54) is 0 Å². The summed E-state index contributed by atoms with van der Waals surface area (Å²) >= 11 is 5.02. The third kappa shape index (κ3) is 3.65. The number of hydrogen-bond donors (Lipinski definition) is 1. The van der Waals surface area contributed by atoms with E-state index in [0.717, 1.165) is 32.2 Å². The van der Waals surface area contributed by atoms with Crippen molar-refractivity contribution in [1.82, 2.24) is 4.90 Å². The monoisotopic (exact) mass is 272 g/mol. The molecule has 1 heterocycles. The summed E-state index contributed by atoms with van der Waals surface area (Å²) in [5.74, 6) is -0.210. The number of carbonyl (C=O) groups excluding carboxylic acids is 1. The Morgan fingerprint density at radius 3 is 2.72 bits per heavy atom. The first-order chi connectivity index (χ1) is 8.51. The normalized spacial score (nSPS) is 25.8. The van der Waals surface area contributed by atoms with Gasteiger partial charge in [-0.3, -0.25) is 4.79 Å². The van der Waals surface area contributed by atoms with Gasteiger partial charge in [-0.1, -0.05) is 25.6 Å². The number of methoxy groups -OCH3 is 1. The topological polar surface area (TPSA) is 55.6 Å². The van der Waals surface area contributed by atoms with Crippen LogP contribution < -0.4 is 5.73 Å². The second kappa shape index (κ2) is 7.04. The lowest BCUT2D eigenvalue weighted by Gasteiger charge is -2.38. The Morgan fingerprint density at radius 2 is 2.28 bits per heavy atom. The van der Waals surface area contributed by atoms with Gasteiger partial charge in [0, 0.05) is 19.7 Å². The number of nitrogens with zero attached hydrogens (tertiary/aromatic N) is 1. The van der Waals surface area contributed by atoms with E-state index >= 15 is 0 Å². The van der Waals surface area contributed by atoms with Crippen LogP contribution in [0.25, 0.3) is 0 Å². The smallest absolute Gasteiger partial charge is 0.232 e. The minimum absolute atomic E-state index is 0.0893. The fourth-order valence-electron chi connectivity index (χ4n) is 2.55. The standard InChI is InChI=1S/C13H24N2O2S/c1-4-5-11(12(14)18)13(16)15-7-6-10(17-3)8-9(15)2/h9-11H,4-8H2,1-3H3,(H2,14,18). The predicted octanol–water partition coefficient (Wildman–Crippen LogP) is 1.71. The molecule has 0 aromatic rings. The van der Waals surface area contributed by atoms with Crippen molar-refractivity contribution >= 4 is 23.1 Å². The summed E-state index contributed by atoms with van der Waals surface area (Å²) in [5, 5.41) is 0. The van der Waals surface area contributed by atoms with Crippen LogP contribution >= 0.6 is 12.2 Å². The SMILES string of the molecule is CCCC(C(=O)N1CCC(OC)CC1C)C(N)=S. The zero-order chi connectivity index (χ0) is 13.7. The Labute approximate surface area is 115 Å². The van der Waals surface area contributed by atoms with Crippen LogP contribution in [-0.2, 0) is 9.53 Å². The molecule has 0 aromatic carbocycles. The fraction of sp³-hybridized carbons (Fsp3) is 0.846. The summed E-state index contributed by atoms with van der Waals surface area (Å²) in [6, 6.07) is 0.199. The Morgan fingerprint density at radius 1 is 1.61 bits per heavy atom. The molecule has 1 fully saturated rings. The number of carbonyl (C=O) groups is 1. The molecule has 4 nitrogen and oxygen atoms in total. The maximum absolute atomic E-state index is 12.5. The predicted molar refractivity (Wildman–Crippen MR) is 76.4 cm³/mol. The molecule has 3 unspecified atom stereocenters. The lowest BCUT2D eigenvalue weighted by molar-refractivity contribution is -0.138. The number of ether oxygens (including phenoxy) is 1. The molecule has 5 heteroatoms. The molecule has 3 atom stereocenters. The van der Waals surface area contributed by atoms with Crippen LogP contribution in [0.1, 0.15) is 39.5 Å². The van der Waals surface area contributed by atoms with Gasteiger partial charge in [0.1, 0.15) is 0 Å². The van der Waals surface area contributed by atoms with Crippen LogP contribution in [0, 0.1) is 5.92 Å². The Kier molecular flexibility index (Phi) is 6.02. The fourth-order valence-corrected chi connectivity index (χ4v) is 2.77. The first-order valence-corrected chi connectivity index (χ1v) is 7.04. The summed E-state index contributed by atoms with van der Waals surface area (Å²) in [6.07, 6.45) is 3.70. The first kappa shape index (κ1) is 15.4. The Bertz CT molecular complexity index is 309. The van der Waals surface area contributed by atoms with Crippen LogP contribution in [0.5, 0.6) is 0 Å². The van der Waals surface area contributed by atoms with Gasteiger partial charge in [0.05, 0.1) is 17.0 Å². The molecule has 104 valence electrons. The zero-order valence-electron chi connectivity index (χ0n) is 11.5. The van der Waals surface area contributed by atoms with Crippen molar-refractivity contribution in [1.29, 1.82) is 0 Å². The van der Waals surface area contributed by atoms with Crippen molar-refractivity contribution in [2.45, 2.75) is 51.7 Å². The molecule has 0 bridgehead atoms. The molecule has 2 N–H and O–H groups in total. The van der Waals surface area contributed by atoms with E-state index in [-0.39, 0.29) is 24.0 Å². The third-order valence-corrected chi connectivity index (χ3v) is 3.95. The Hall–Kier alpha value is -0.680. The molecule has 0 spiro atoms. The highest BCUT2D eigenvalue weighted by Crippen LogP contribution is 2.22. The average molecular weight is 272 g/mol. The number of nitrogens with two attached hydrogens (primary N) is 1. The molecule has 1 saturated heterocycles. The molecule has 1 amide bonds. The molecule has 1 aliphatic rings. The highest BCUT2D eigenvalue weighted by atomic mass is 32.1. The molecule has 0 radical (unpaired) electrons. The second-order valence-corrected chi connectivity index (χ2v) is 5.48. The summed E-state index contributed by atoms with van der Waals surface area (Å²) in [5.41, 5.74) is 5.69. The van der Waals surface area contributed by atoms with Crippen molar-refractivity contribution in [2.75, 3.05) is 13.7 Å². The van der Waals surface area contributed by atoms with E-state index in [1.807, 2.05) is 11.8 Å². The first-order valence-electron chi connectivity index (χ1n) is 6.63. The number of thiocarbonyl (C=S) groups is 1. The largest absolute Gasteiger partial charge is 0.393 e. The minimum atomic E-state index is -0.299. The van der Waals surface area contributed by atoms with Gasteiger partial charge in [-0.15, -0.1) is 0 Å². The molecule has 0 aliphatic carbocycles. The van der Waals surface area contributed by atoms with Crippen LogP contribution in [0.15, 0.2) is 0 Å². The maximum atomic E-state index is 12.5. The maximum Gasteiger partial charge on any atom is 0.232 e. The highest BCUT2D eigenvalue weighted by molar-refractivity contribution is 7.80. The van der Waals surface area contributed by atoms with Crippen molar-refractivity contribution in [2.24, 2.45) is 11.7 Å². The lowest BCUT2D eigenvalue weighted by atomic mass is 9.96. The molecular weight excluding hydrogens is 248 g/mol. The van der Waals surface area contributed by atoms with E-state index in [0.29, 0.717) is 4.99 Å². The van der Waals surface area contributed by atoms with Gasteiger partial charge >= 0.3 is 0 Å². The molecular formula is C13H24N2O2S. The number of hydrogen-bond acceptors (Lipinski definition) is 3. The quantitative estimate of drug-likeness (QED) is 0.774. The Balaban J connectivity index is 2.68. The van der Waals surface area contributed by atoms with E-state index < -0.39 is 0 Å². The average Bonchev–Trinajstić information content (AvgIpc) is 2.34. The molecule has 0 saturated carbocycles. The van der Waals surface area contributed by atoms with Gasteiger partial charge in [-0.2, -0.15) is 0 Å². The number of likely N-dealkylation sites (tertiary alicyclic amines) is 1.